The van der Waals surface area contributed by atoms with E-state index in [0.717, 1.165) is 32.5 Å². The van der Waals surface area contributed by atoms with Crippen molar-refractivity contribution >= 4 is 68.1 Å². The van der Waals surface area contributed by atoms with Crippen molar-refractivity contribution in [1.82, 2.24) is 9.88 Å². The zero-order valence-electron chi connectivity index (χ0n) is 13.3. The third-order valence-electron chi connectivity index (χ3n) is 3.93. The van der Waals surface area contributed by atoms with Gasteiger partial charge < -0.3 is 15.5 Å². The molecule has 0 bridgehead atoms. The molecule has 1 amide bonds. The summed E-state index contributed by atoms with van der Waals surface area (Å²) in [4.78, 5) is 22.9. The minimum absolute atomic E-state index is 0. The number of likely N-dealkylation sites (tertiary alicyclic amines) is 1. The molecule has 3 rings (SSSR count). The van der Waals surface area contributed by atoms with Crippen molar-refractivity contribution in [1.29, 1.82) is 0 Å². The highest BCUT2D eigenvalue weighted by Gasteiger charge is 2.33. The van der Waals surface area contributed by atoms with Crippen LogP contribution in [0.4, 0.5) is 5.13 Å². The molecule has 1 fully saturated rings. The first-order chi connectivity index (χ1) is 9.99. The maximum absolute atomic E-state index is 12.7. The average Bonchev–Trinajstić information content (AvgIpc) is 3.09. The molecule has 1 aliphatic rings. The largest absolute Gasteiger partial charge is 0.354 e. The van der Waals surface area contributed by atoms with E-state index < -0.39 is 0 Å². The smallest absolute Gasteiger partial charge is 0.264 e. The number of hydrogen-bond acceptors (Lipinski definition) is 6. The van der Waals surface area contributed by atoms with Crippen molar-refractivity contribution in [2.24, 2.45) is 11.7 Å². The second-order valence-electron chi connectivity index (χ2n) is 5.81. The Morgan fingerprint density at radius 1 is 1.43 bits per heavy atom. The topological polar surface area (TPSA) is 62.5 Å². The zero-order valence-corrected chi connectivity index (χ0v) is 16.6. The van der Waals surface area contributed by atoms with E-state index in [4.69, 9.17) is 5.73 Å². The van der Waals surface area contributed by atoms with Crippen molar-refractivity contribution in [2.75, 3.05) is 32.1 Å². The molecular formula is C14H22Cl2N4OS2. The van der Waals surface area contributed by atoms with E-state index in [1.807, 2.05) is 30.0 Å². The van der Waals surface area contributed by atoms with Gasteiger partial charge in [-0.2, -0.15) is 0 Å². The third-order valence-corrected chi connectivity index (χ3v) is 6.24. The number of thiophene rings is 1. The number of carbonyl (C=O) groups excluding carboxylic acids is 1. The van der Waals surface area contributed by atoms with Crippen molar-refractivity contribution < 1.29 is 4.79 Å². The molecule has 1 saturated heterocycles. The van der Waals surface area contributed by atoms with Crippen LogP contribution in [0.1, 0.15) is 23.0 Å². The van der Waals surface area contributed by atoms with Crippen LogP contribution in [0.2, 0.25) is 0 Å². The first-order valence-corrected chi connectivity index (χ1v) is 8.71. The standard InChI is InChI=1S/C14H20N4OS2.2ClH/c1-8-4-9(6-15)7-18(8)13(19)11-5-10-12(20-11)16-14(21-10)17(2)3;;/h5,8-9H,4,6-7,15H2,1-3H3;2*1H. The molecule has 2 atom stereocenters. The van der Waals surface area contributed by atoms with Gasteiger partial charge in [0.15, 0.2) is 5.13 Å². The van der Waals surface area contributed by atoms with Crippen molar-refractivity contribution in [3.8, 4) is 0 Å². The van der Waals surface area contributed by atoms with E-state index in [2.05, 4.69) is 11.9 Å². The van der Waals surface area contributed by atoms with E-state index in [1.54, 1.807) is 11.3 Å². The van der Waals surface area contributed by atoms with E-state index in [9.17, 15) is 4.79 Å². The van der Waals surface area contributed by atoms with E-state index in [0.29, 0.717) is 12.5 Å². The number of nitrogens with two attached hydrogens (primary N) is 1. The predicted molar refractivity (Wildman–Crippen MR) is 104 cm³/mol. The van der Waals surface area contributed by atoms with Gasteiger partial charge in [0.2, 0.25) is 0 Å². The number of fused-ring (bicyclic) bond motifs is 1. The molecule has 2 aromatic rings. The van der Waals surface area contributed by atoms with E-state index in [1.165, 1.54) is 11.3 Å². The van der Waals surface area contributed by atoms with Gasteiger partial charge in [0.05, 0.1) is 9.58 Å². The molecule has 2 N–H and O–H groups in total. The van der Waals surface area contributed by atoms with E-state index >= 15 is 0 Å². The monoisotopic (exact) mass is 396 g/mol. The number of halogens is 2. The van der Waals surface area contributed by atoms with Gasteiger partial charge in [-0.3, -0.25) is 4.79 Å². The molecular weight excluding hydrogens is 375 g/mol. The molecule has 0 aromatic carbocycles. The van der Waals surface area contributed by atoms with Crippen LogP contribution in [0.5, 0.6) is 0 Å². The molecule has 5 nitrogen and oxygen atoms in total. The van der Waals surface area contributed by atoms with Gasteiger partial charge in [0.25, 0.3) is 5.91 Å². The summed E-state index contributed by atoms with van der Waals surface area (Å²) in [5.74, 6) is 0.559. The Bertz CT molecular complexity index is 641. The lowest BCUT2D eigenvalue weighted by molar-refractivity contribution is 0.0748. The van der Waals surface area contributed by atoms with Gasteiger partial charge in [-0.05, 0) is 31.9 Å². The fourth-order valence-corrected chi connectivity index (χ4v) is 4.85. The number of rotatable bonds is 3. The summed E-state index contributed by atoms with van der Waals surface area (Å²) in [6.45, 7) is 3.53. The van der Waals surface area contributed by atoms with Crippen molar-refractivity contribution in [3.63, 3.8) is 0 Å². The molecule has 0 spiro atoms. The Hall–Kier alpha value is -0.600. The fraction of sp³-hybridized carbons (Fsp3) is 0.571. The van der Waals surface area contributed by atoms with Crippen LogP contribution < -0.4 is 10.6 Å². The Labute approximate surface area is 156 Å². The van der Waals surface area contributed by atoms with Crippen LogP contribution in [0.25, 0.3) is 9.53 Å². The Balaban J connectivity index is 0.00000132. The number of nitrogens with zero attached hydrogens (tertiary/aromatic N) is 3. The molecule has 1 aliphatic heterocycles. The molecule has 130 valence electrons. The molecule has 2 aromatic heterocycles. The number of hydrogen-bond donors (Lipinski definition) is 1. The van der Waals surface area contributed by atoms with Crippen LogP contribution in [0, 0.1) is 5.92 Å². The highest BCUT2D eigenvalue weighted by molar-refractivity contribution is 7.29. The van der Waals surface area contributed by atoms with Crippen LogP contribution in [-0.4, -0.2) is 49.0 Å². The summed E-state index contributed by atoms with van der Waals surface area (Å²) in [7, 11) is 3.96. The minimum atomic E-state index is 0. The van der Waals surface area contributed by atoms with Crippen LogP contribution in [0.15, 0.2) is 6.07 Å². The van der Waals surface area contributed by atoms with Gasteiger partial charge in [-0.1, -0.05) is 11.3 Å². The summed E-state index contributed by atoms with van der Waals surface area (Å²) in [5.41, 5.74) is 5.74. The van der Waals surface area contributed by atoms with Crippen molar-refractivity contribution in [2.45, 2.75) is 19.4 Å². The Kier molecular flexibility index (Phi) is 7.10. The first-order valence-electron chi connectivity index (χ1n) is 7.08. The van der Waals surface area contributed by atoms with Gasteiger partial charge in [-0.25, -0.2) is 4.98 Å². The SMILES string of the molecule is CC1CC(CN)CN1C(=O)c1cc2sc(N(C)C)nc2s1.Cl.Cl. The third kappa shape index (κ3) is 3.91. The summed E-state index contributed by atoms with van der Waals surface area (Å²) < 4.78 is 1.09. The Morgan fingerprint density at radius 2 is 2.13 bits per heavy atom. The van der Waals surface area contributed by atoms with Crippen LogP contribution in [-0.2, 0) is 0 Å². The number of carbonyl (C=O) groups is 1. The molecule has 3 heterocycles. The average molecular weight is 397 g/mol. The highest BCUT2D eigenvalue weighted by Crippen LogP contribution is 2.35. The van der Waals surface area contributed by atoms with Gasteiger partial charge in [0.1, 0.15) is 4.83 Å². The maximum Gasteiger partial charge on any atom is 0.264 e. The van der Waals surface area contributed by atoms with Gasteiger partial charge >= 0.3 is 0 Å². The zero-order chi connectivity index (χ0) is 15.1. The first kappa shape index (κ1) is 20.4. The molecule has 9 heteroatoms. The molecule has 0 radical (unpaired) electrons. The predicted octanol–water partition coefficient (Wildman–Crippen LogP) is 3.08. The lowest BCUT2D eigenvalue weighted by Gasteiger charge is -2.20. The Morgan fingerprint density at radius 3 is 2.65 bits per heavy atom. The second-order valence-corrected chi connectivity index (χ2v) is 7.85. The molecule has 2 unspecified atom stereocenters. The van der Waals surface area contributed by atoms with E-state index in [-0.39, 0.29) is 36.8 Å². The summed E-state index contributed by atoms with van der Waals surface area (Å²) in [6, 6.07) is 2.26. The number of amides is 1. The van der Waals surface area contributed by atoms with Gasteiger partial charge in [-0.15, -0.1) is 36.2 Å². The summed E-state index contributed by atoms with van der Waals surface area (Å²) in [5, 5.41) is 0.980. The summed E-state index contributed by atoms with van der Waals surface area (Å²) >= 11 is 3.12. The minimum Gasteiger partial charge on any atom is -0.354 e. The fourth-order valence-electron chi connectivity index (χ4n) is 2.76. The quantitative estimate of drug-likeness (QED) is 0.865. The molecule has 23 heavy (non-hydrogen) atoms. The molecule has 0 aliphatic carbocycles. The number of thiazole rings is 1. The number of aromatic nitrogens is 1. The lowest BCUT2D eigenvalue weighted by atomic mass is 10.1. The molecule has 0 saturated carbocycles. The van der Waals surface area contributed by atoms with Crippen LogP contribution in [0.3, 0.4) is 0 Å². The van der Waals surface area contributed by atoms with Gasteiger partial charge in [0, 0.05) is 26.7 Å². The summed E-state index contributed by atoms with van der Waals surface area (Å²) in [6.07, 6.45) is 1.00. The second kappa shape index (κ2) is 7.98. The normalized spacial score (nSPS) is 20.3. The van der Waals surface area contributed by atoms with Crippen LogP contribution >= 0.6 is 47.5 Å². The number of anilines is 1. The maximum atomic E-state index is 12.7. The highest BCUT2D eigenvalue weighted by atomic mass is 35.5. The van der Waals surface area contributed by atoms with Crippen molar-refractivity contribution in [3.05, 3.63) is 10.9 Å². The lowest BCUT2D eigenvalue weighted by Crippen LogP contribution is -2.33.